The highest BCUT2D eigenvalue weighted by Crippen LogP contribution is 2.32. The van der Waals surface area contributed by atoms with Crippen LogP contribution in [0.15, 0.2) is 42.9 Å². The lowest BCUT2D eigenvalue weighted by atomic mass is 9.99. The molecule has 178 valence electrons. The van der Waals surface area contributed by atoms with Gasteiger partial charge in [0.15, 0.2) is 0 Å². The number of ether oxygens (including phenoxy) is 1. The summed E-state index contributed by atoms with van der Waals surface area (Å²) in [7, 11) is 0. The molecule has 0 unspecified atom stereocenters. The highest BCUT2D eigenvalue weighted by Gasteiger charge is 2.25. The van der Waals surface area contributed by atoms with Gasteiger partial charge in [0.2, 0.25) is 0 Å². The van der Waals surface area contributed by atoms with Crippen molar-refractivity contribution in [2.75, 3.05) is 49.6 Å². The number of aromatic nitrogens is 3. The number of amides is 2. The van der Waals surface area contributed by atoms with Crippen LogP contribution in [-0.2, 0) is 4.74 Å². The molecule has 2 amide bonds. The first-order chi connectivity index (χ1) is 16.6. The van der Waals surface area contributed by atoms with Crippen LogP contribution >= 0.6 is 0 Å². The fourth-order valence-electron chi connectivity index (χ4n) is 4.72. The number of urea groups is 1. The molecule has 0 bridgehead atoms. The molecular formula is C26H32N6O2. The number of benzene rings is 1. The smallest absolute Gasteiger partial charge is 0.321 e. The van der Waals surface area contributed by atoms with E-state index in [2.05, 4.69) is 58.3 Å². The predicted octanol–water partition coefficient (Wildman–Crippen LogP) is 4.55. The number of H-pyrrole nitrogens is 1. The number of anilines is 2. The summed E-state index contributed by atoms with van der Waals surface area (Å²) in [6.45, 7) is 8.95. The topological polar surface area (TPSA) is 86.4 Å². The Morgan fingerprint density at radius 1 is 1.21 bits per heavy atom. The fourth-order valence-corrected chi connectivity index (χ4v) is 4.72. The molecule has 2 N–H and O–H groups in total. The van der Waals surface area contributed by atoms with Gasteiger partial charge >= 0.3 is 6.03 Å². The molecule has 2 saturated heterocycles. The summed E-state index contributed by atoms with van der Waals surface area (Å²) >= 11 is 0. The maximum absolute atomic E-state index is 12.9. The third-order valence-corrected chi connectivity index (χ3v) is 6.87. The molecule has 2 aliphatic heterocycles. The summed E-state index contributed by atoms with van der Waals surface area (Å²) in [6.07, 6.45) is 5.66. The van der Waals surface area contributed by atoms with Gasteiger partial charge in [-0.3, -0.25) is 0 Å². The van der Waals surface area contributed by atoms with E-state index in [0.29, 0.717) is 19.1 Å². The van der Waals surface area contributed by atoms with Crippen LogP contribution in [0.3, 0.4) is 0 Å². The minimum atomic E-state index is -0.0207. The SMILES string of the molecule is CC[C@@H]1CCN(C(=O)Nc2ccc(C)c(-c3cc(-c4cnc[nH]4)nc(N4CCOCC4)c3)c2)C1. The number of rotatable bonds is 5. The molecule has 2 fully saturated rings. The van der Waals surface area contributed by atoms with Gasteiger partial charge < -0.3 is 24.8 Å². The number of imidazole rings is 1. The Morgan fingerprint density at radius 3 is 2.79 bits per heavy atom. The van der Waals surface area contributed by atoms with Gasteiger partial charge in [-0.1, -0.05) is 19.4 Å². The number of pyridine rings is 1. The van der Waals surface area contributed by atoms with E-state index in [1.54, 1.807) is 12.5 Å². The van der Waals surface area contributed by atoms with E-state index in [4.69, 9.17) is 9.72 Å². The average Bonchev–Trinajstić information content (AvgIpc) is 3.58. The second-order valence-electron chi connectivity index (χ2n) is 9.13. The van der Waals surface area contributed by atoms with Gasteiger partial charge in [-0.2, -0.15) is 0 Å². The zero-order chi connectivity index (χ0) is 23.5. The number of hydrogen-bond acceptors (Lipinski definition) is 5. The van der Waals surface area contributed by atoms with Crippen LogP contribution in [0.5, 0.6) is 0 Å². The summed E-state index contributed by atoms with van der Waals surface area (Å²) in [5, 5.41) is 3.11. The fraction of sp³-hybridized carbons (Fsp3) is 0.423. The molecule has 0 saturated carbocycles. The van der Waals surface area contributed by atoms with Crippen LogP contribution in [0, 0.1) is 12.8 Å². The largest absolute Gasteiger partial charge is 0.378 e. The summed E-state index contributed by atoms with van der Waals surface area (Å²) in [5.41, 5.74) is 5.79. The molecule has 0 spiro atoms. The molecule has 5 rings (SSSR count). The third kappa shape index (κ3) is 4.77. The van der Waals surface area contributed by atoms with Crippen LogP contribution in [0.25, 0.3) is 22.5 Å². The number of carbonyl (C=O) groups is 1. The van der Waals surface area contributed by atoms with E-state index in [-0.39, 0.29) is 6.03 Å². The zero-order valence-electron chi connectivity index (χ0n) is 19.9. The lowest BCUT2D eigenvalue weighted by Crippen LogP contribution is -2.36. The molecule has 8 nitrogen and oxygen atoms in total. The lowest BCUT2D eigenvalue weighted by molar-refractivity contribution is 0.122. The van der Waals surface area contributed by atoms with Crippen molar-refractivity contribution in [1.29, 1.82) is 0 Å². The van der Waals surface area contributed by atoms with Crippen molar-refractivity contribution < 1.29 is 9.53 Å². The second kappa shape index (κ2) is 9.85. The van der Waals surface area contributed by atoms with E-state index in [9.17, 15) is 4.79 Å². The van der Waals surface area contributed by atoms with Crippen molar-refractivity contribution in [3.63, 3.8) is 0 Å². The molecule has 2 aromatic heterocycles. The minimum absolute atomic E-state index is 0.0207. The minimum Gasteiger partial charge on any atom is -0.378 e. The Balaban J connectivity index is 1.46. The maximum Gasteiger partial charge on any atom is 0.321 e. The highest BCUT2D eigenvalue weighted by molar-refractivity contribution is 5.91. The first-order valence-corrected chi connectivity index (χ1v) is 12.1. The van der Waals surface area contributed by atoms with Crippen LogP contribution in [0.4, 0.5) is 16.3 Å². The Bertz CT molecular complexity index is 1140. The van der Waals surface area contributed by atoms with Crippen LogP contribution in [0.2, 0.25) is 0 Å². The van der Waals surface area contributed by atoms with Crippen molar-refractivity contribution in [2.24, 2.45) is 5.92 Å². The summed E-state index contributed by atoms with van der Waals surface area (Å²) < 4.78 is 5.54. The van der Waals surface area contributed by atoms with Crippen molar-refractivity contribution in [2.45, 2.75) is 26.7 Å². The van der Waals surface area contributed by atoms with Crippen molar-refractivity contribution in [3.05, 3.63) is 48.4 Å². The Labute approximate surface area is 200 Å². The lowest BCUT2D eigenvalue weighted by Gasteiger charge is -2.28. The average molecular weight is 461 g/mol. The quantitative estimate of drug-likeness (QED) is 0.583. The van der Waals surface area contributed by atoms with Crippen molar-refractivity contribution >= 4 is 17.5 Å². The van der Waals surface area contributed by atoms with E-state index in [1.807, 2.05) is 11.0 Å². The zero-order valence-corrected chi connectivity index (χ0v) is 19.9. The number of hydrogen-bond donors (Lipinski definition) is 2. The number of aryl methyl sites for hydroxylation is 1. The summed E-state index contributed by atoms with van der Waals surface area (Å²) in [6, 6.07) is 10.3. The van der Waals surface area contributed by atoms with Gasteiger partial charge in [-0.25, -0.2) is 14.8 Å². The number of carbonyl (C=O) groups excluding carboxylic acids is 1. The number of nitrogens with zero attached hydrogens (tertiary/aromatic N) is 4. The standard InChI is InChI=1S/C26H32N6O2/c1-3-19-6-7-32(16-19)26(33)29-21-5-4-18(2)22(14-21)20-12-23(24-15-27-17-28-24)30-25(13-20)31-8-10-34-11-9-31/h4-5,12-15,17,19H,3,6-11,16H2,1-2H3,(H,27,28)(H,29,33)/t19-/m1/s1. The molecule has 0 radical (unpaired) electrons. The number of likely N-dealkylation sites (tertiary alicyclic amines) is 1. The van der Waals surface area contributed by atoms with E-state index >= 15 is 0 Å². The Morgan fingerprint density at radius 2 is 2.06 bits per heavy atom. The molecular weight excluding hydrogens is 428 g/mol. The molecule has 4 heterocycles. The highest BCUT2D eigenvalue weighted by atomic mass is 16.5. The van der Waals surface area contributed by atoms with Crippen molar-refractivity contribution in [3.8, 4) is 22.5 Å². The Kier molecular flexibility index (Phi) is 6.49. The predicted molar refractivity (Wildman–Crippen MR) is 134 cm³/mol. The normalized spacial score (nSPS) is 18.4. The molecule has 3 aromatic rings. The molecule has 1 atom stereocenters. The van der Waals surface area contributed by atoms with Gasteiger partial charge in [-0.15, -0.1) is 0 Å². The molecule has 34 heavy (non-hydrogen) atoms. The number of morpholine rings is 1. The first kappa shape index (κ1) is 22.4. The van der Waals surface area contributed by atoms with Crippen LogP contribution in [0.1, 0.15) is 25.3 Å². The monoisotopic (exact) mass is 460 g/mol. The third-order valence-electron chi connectivity index (χ3n) is 6.87. The molecule has 1 aromatic carbocycles. The Hall–Kier alpha value is -3.39. The summed E-state index contributed by atoms with van der Waals surface area (Å²) in [5.74, 6) is 1.53. The van der Waals surface area contributed by atoms with E-state index in [0.717, 1.165) is 78.6 Å². The van der Waals surface area contributed by atoms with Gasteiger partial charge in [0, 0.05) is 31.9 Å². The van der Waals surface area contributed by atoms with Crippen molar-refractivity contribution in [1.82, 2.24) is 19.9 Å². The van der Waals surface area contributed by atoms with E-state index in [1.165, 1.54) is 0 Å². The summed E-state index contributed by atoms with van der Waals surface area (Å²) in [4.78, 5) is 29.3. The number of aromatic amines is 1. The van der Waals surface area contributed by atoms with Gasteiger partial charge in [0.05, 0.1) is 37.1 Å². The second-order valence-corrected chi connectivity index (χ2v) is 9.13. The van der Waals surface area contributed by atoms with Crippen LogP contribution in [-0.4, -0.2) is 65.3 Å². The molecule has 2 aliphatic rings. The maximum atomic E-state index is 12.9. The number of nitrogens with one attached hydrogen (secondary N) is 2. The van der Waals surface area contributed by atoms with Gasteiger partial charge in [-0.05, 0) is 60.2 Å². The van der Waals surface area contributed by atoms with Gasteiger partial charge in [0.1, 0.15) is 5.82 Å². The van der Waals surface area contributed by atoms with Crippen LogP contribution < -0.4 is 10.2 Å². The molecule has 8 heteroatoms. The van der Waals surface area contributed by atoms with E-state index < -0.39 is 0 Å². The molecule has 0 aliphatic carbocycles. The van der Waals surface area contributed by atoms with Gasteiger partial charge in [0.25, 0.3) is 0 Å². The first-order valence-electron chi connectivity index (χ1n) is 12.1.